The van der Waals surface area contributed by atoms with Gasteiger partial charge in [-0.3, -0.25) is 19.3 Å². The zero-order valence-corrected chi connectivity index (χ0v) is 22.2. The number of primary amides is 1. The summed E-state index contributed by atoms with van der Waals surface area (Å²) >= 11 is 6.78. The second-order valence-electron chi connectivity index (χ2n) is 9.38. The molecule has 1 aromatic heterocycles. The number of benzene rings is 2. The summed E-state index contributed by atoms with van der Waals surface area (Å²) in [7, 11) is 1.75. The molecule has 0 bridgehead atoms. The zero-order valence-electron chi connectivity index (χ0n) is 20.6. The summed E-state index contributed by atoms with van der Waals surface area (Å²) in [5.74, 6) is -0.634. The summed E-state index contributed by atoms with van der Waals surface area (Å²) in [5.41, 5.74) is 8.56. The first kappa shape index (κ1) is 25.2. The number of aromatic nitrogens is 1. The Morgan fingerprint density at radius 2 is 1.76 bits per heavy atom. The molecule has 0 atom stereocenters. The van der Waals surface area contributed by atoms with Gasteiger partial charge < -0.3 is 15.2 Å². The van der Waals surface area contributed by atoms with E-state index in [4.69, 9.17) is 18.0 Å². The number of hydrogen-bond donors (Lipinski definition) is 1. The van der Waals surface area contributed by atoms with Gasteiger partial charge in [-0.2, -0.15) is 0 Å². The largest absolute Gasteiger partial charge is 0.370 e. The molecule has 3 heterocycles. The molecule has 9 heteroatoms. The summed E-state index contributed by atoms with van der Waals surface area (Å²) in [6, 6.07) is 17.7. The highest BCUT2D eigenvalue weighted by Gasteiger charge is 2.33. The minimum Gasteiger partial charge on any atom is -0.370 e. The van der Waals surface area contributed by atoms with E-state index in [1.807, 2.05) is 54.6 Å². The van der Waals surface area contributed by atoms with E-state index in [1.54, 1.807) is 22.6 Å². The zero-order chi connectivity index (χ0) is 26.1. The number of carbonyl (C=O) groups is 2. The van der Waals surface area contributed by atoms with Crippen molar-refractivity contribution in [3.63, 3.8) is 0 Å². The number of aryl methyl sites for hydroxylation is 1. The van der Waals surface area contributed by atoms with Crippen molar-refractivity contribution in [2.45, 2.75) is 19.3 Å². The number of fused-ring (bicyclic) bond motifs is 1. The fourth-order valence-corrected chi connectivity index (χ4v) is 6.36. The standard InChI is InChI=1S/C28H28N4O3S2/c1-30-22-10-6-5-9-20(22)24(31-14-12-19(13-15-31)25(29)33)21(26(30)34)17-23-27(35)32(28(36)37-23)16-11-18-7-3-2-4-8-18/h2-10,17,19H,11-16H2,1H3,(H2,29,33). The Morgan fingerprint density at radius 1 is 1.08 bits per heavy atom. The molecule has 2 fully saturated rings. The lowest BCUT2D eigenvalue weighted by Gasteiger charge is -2.34. The average Bonchev–Trinajstić information content (AvgIpc) is 3.18. The van der Waals surface area contributed by atoms with Crippen LogP contribution in [0, 0.1) is 5.92 Å². The molecule has 2 aliphatic rings. The third-order valence-corrected chi connectivity index (χ3v) is 8.52. The van der Waals surface area contributed by atoms with Crippen molar-refractivity contribution in [2.24, 2.45) is 18.7 Å². The van der Waals surface area contributed by atoms with Crippen LogP contribution in [-0.4, -0.2) is 45.2 Å². The maximum atomic E-state index is 13.6. The average molecular weight is 533 g/mol. The van der Waals surface area contributed by atoms with Gasteiger partial charge in [0.25, 0.3) is 11.5 Å². The lowest BCUT2D eigenvalue weighted by Crippen LogP contribution is -2.40. The number of carbonyl (C=O) groups excluding carboxylic acids is 2. The van der Waals surface area contributed by atoms with Gasteiger partial charge in [-0.05, 0) is 37.0 Å². The number of pyridine rings is 1. The minimum atomic E-state index is -0.284. The smallest absolute Gasteiger partial charge is 0.266 e. The van der Waals surface area contributed by atoms with Crippen LogP contribution in [-0.2, 0) is 23.1 Å². The molecule has 2 amide bonds. The monoisotopic (exact) mass is 532 g/mol. The van der Waals surface area contributed by atoms with E-state index in [9.17, 15) is 14.4 Å². The highest BCUT2D eigenvalue weighted by atomic mass is 32.2. The van der Waals surface area contributed by atoms with Crippen molar-refractivity contribution in [1.29, 1.82) is 0 Å². The summed E-state index contributed by atoms with van der Waals surface area (Å²) < 4.78 is 2.12. The van der Waals surface area contributed by atoms with E-state index in [-0.39, 0.29) is 23.3 Å². The molecule has 7 nitrogen and oxygen atoms in total. The number of hydrogen-bond acceptors (Lipinski definition) is 6. The molecule has 0 saturated carbocycles. The Labute approximate surface area is 224 Å². The van der Waals surface area contributed by atoms with Crippen molar-refractivity contribution >= 4 is 62.8 Å². The summed E-state index contributed by atoms with van der Waals surface area (Å²) in [5, 5.41) is 0.924. The van der Waals surface area contributed by atoms with Crippen molar-refractivity contribution in [3.8, 4) is 0 Å². The van der Waals surface area contributed by atoms with Crippen LogP contribution in [0.3, 0.4) is 0 Å². The Hall–Kier alpha value is -3.43. The molecule has 2 aromatic carbocycles. The van der Waals surface area contributed by atoms with Crippen molar-refractivity contribution < 1.29 is 9.59 Å². The van der Waals surface area contributed by atoms with Gasteiger partial charge in [0.1, 0.15) is 4.32 Å². The van der Waals surface area contributed by atoms with Gasteiger partial charge in [0.15, 0.2) is 0 Å². The van der Waals surface area contributed by atoms with Gasteiger partial charge in [-0.15, -0.1) is 0 Å². The van der Waals surface area contributed by atoms with Crippen LogP contribution in [0.1, 0.15) is 24.0 Å². The van der Waals surface area contributed by atoms with E-state index >= 15 is 0 Å². The Bertz CT molecular complexity index is 1470. The lowest BCUT2D eigenvalue weighted by molar-refractivity contribution is -0.123. The first-order valence-electron chi connectivity index (χ1n) is 12.3. The van der Waals surface area contributed by atoms with E-state index in [0.717, 1.165) is 22.2 Å². The molecule has 0 radical (unpaired) electrons. The first-order chi connectivity index (χ1) is 17.8. The lowest BCUT2D eigenvalue weighted by atomic mass is 9.94. The number of thiocarbonyl (C=S) groups is 1. The molecule has 2 aliphatic heterocycles. The van der Waals surface area contributed by atoms with Crippen LogP contribution < -0.4 is 16.2 Å². The highest BCUT2D eigenvalue weighted by Crippen LogP contribution is 2.37. The number of para-hydroxylation sites is 1. The predicted octanol–water partition coefficient (Wildman–Crippen LogP) is 3.68. The van der Waals surface area contributed by atoms with Gasteiger partial charge in [0.2, 0.25) is 5.91 Å². The molecular formula is C28H28N4O3S2. The van der Waals surface area contributed by atoms with Crippen molar-refractivity contribution in [2.75, 3.05) is 24.5 Å². The number of rotatable bonds is 6. The number of nitrogens with two attached hydrogens (primary N) is 1. The van der Waals surface area contributed by atoms with E-state index in [0.29, 0.717) is 53.7 Å². The minimum absolute atomic E-state index is 0.168. The Morgan fingerprint density at radius 3 is 2.46 bits per heavy atom. The topological polar surface area (TPSA) is 88.6 Å². The molecule has 3 aromatic rings. The molecule has 190 valence electrons. The third kappa shape index (κ3) is 4.93. The maximum absolute atomic E-state index is 13.6. The number of piperidine rings is 1. The van der Waals surface area contributed by atoms with Crippen LogP contribution in [0.5, 0.6) is 0 Å². The molecule has 0 unspecified atom stereocenters. The first-order valence-corrected chi connectivity index (χ1v) is 13.5. The number of nitrogens with zero attached hydrogens (tertiary/aromatic N) is 3. The number of thioether (sulfide) groups is 1. The summed E-state index contributed by atoms with van der Waals surface area (Å²) in [6.07, 6.45) is 3.64. The van der Waals surface area contributed by atoms with Gasteiger partial charge in [0, 0.05) is 38.0 Å². The Balaban J connectivity index is 1.52. The van der Waals surface area contributed by atoms with Crippen LogP contribution in [0.15, 0.2) is 64.3 Å². The quantitative estimate of drug-likeness (QED) is 0.385. The fraction of sp³-hybridized carbons (Fsp3) is 0.286. The third-order valence-electron chi connectivity index (χ3n) is 7.14. The number of amides is 2. The maximum Gasteiger partial charge on any atom is 0.266 e. The molecule has 0 spiro atoms. The summed E-state index contributed by atoms with van der Waals surface area (Å²) in [4.78, 5) is 43.0. The highest BCUT2D eigenvalue weighted by molar-refractivity contribution is 8.26. The van der Waals surface area contributed by atoms with Crippen LogP contribution in [0.4, 0.5) is 5.69 Å². The van der Waals surface area contributed by atoms with E-state index in [2.05, 4.69) is 4.90 Å². The predicted molar refractivity (Wildman–Crippen MR) is 153 cm³/mol. The summed E-state index contributed by atoms with van der Waals surface area (Å²) in [6.45, 7) is 1.68. The fourth-order valence-electron chi connectivity index (χ4n) is 5.07. The SMILES string of the molecule is Cn1c(=O)c(C=C2SC(=S)N(CCc3ccccc3)C2=O)c(N2CCC(C(N)=O)CC2)c2ccccc21. The van der Waals surface area contributed by atoms with Crippen LogP contribution >= 0.6 is 24.0 Å². The molecular weight excluding hydrogens is 504 g/mol. The second-order valence-corrected chi connectivity index (χ2v) is 11.1. The van der Waals surface area contributed by atoms with Gasteiger partial charge >= 0.3 is 0 Å². The van der Waals surface area contributed by atoms with Crippen molar-refractivity contribution in [1.82, 2.24) is 9.47 Å². The molecule has 37 heavy (non-hydrogen) atoms. The van der Waals surface area contributed by atoms with Crippen LogP contribution in [0.25, 0.3) is 17.0 Å². The van der Waals surface area contributed by atoms with E-state index in [1.165, 1.54) is 11.8 Å². The Kier molecular flexibility index (Phi) is 7.17. The normalized spacial score (nSPS) is 17.8. The van der Waals surface area contributed by atoms with Gasteiger partial charge in [0.05, 0.1) is 21.7 Å². The van der Waals surface area contributed by atoms with Gasteiger partial charge in [-0.25, -0.2) is 0 Å². The molecule has 0 aliphatic carbocycles. The number of anilines is 1. The molecule has 2 N–H and O–H groups in total. The molecule has 2 saturated heterocycles. The van der Waals surface area contributed by atoms with Gasteiger partial charge in [-0.1, -0.05) is 72.5 Å². The van der Waals surface area contributed by atoms with Crippen LogP contribution in [0.2, 0.25) is 0 Å². The molecule has 5 rings (SSSR count). The second kappa shape index (κ2) is 10.5. The van der Waals surface area contributed by atoms with Crippen molar-refractivity contribution in [3.05, 3.63) is 81.0 Å². The van der Waals surface area contributed by atoms with E-state index < -0.39 is 0 Å².